The van der Waals surface area contributed by atoms with Gasteiger partial charge in [0.25, 0.3) is 0 Å². The summed E-state index contributed by atoms with van der Waals surface area (Å²) in [6.45, 7) is 1.29. The van der Waals surface area contributed by atoms with Crippen molar-refractivity contribution in [2.24, 2.45) is 0 Å². The molecule has 92 valence electrons. The second-order valence-corrected chi connectivity index (χ2v) is 3.57. The number of anilines is 2. The lowest BCUT2D eigenvalue weighted by Crippen LogP contribution is -2.23. The Hall–Kier alpha value is -1.88. The number of aldehydes is 1. The van der Waals surface area contributed by atoms with E-state index in [-0.39, 0.29) is 0 Å². The van der Waals surface area contributed by atoms with E-state index in [1.54, 1.807) is 25.3 Å². The van der Waals surface area contributed by atoms with Crippen molar-refractivity contribution in [3.63, 3.8) is 0 Å². The van der Waals surface area contributed by atoms with Crippen molar-refractivity contribution in [3.05, 3.63) is 23.8 Å². The number of hydrogen-bond acceptors (Lipinski definition) is 4. The zero-order valence-electron chi connectivity index (χ0n) is 9.97. The third kappa shape index (κ3) is 3.57. The fourth-order valence-electron chi connectivity index (χ4n) is 1.49. The number of nitrogens with zero attached hydrogens (tertiary/aromatic N) is 1. The van der Waals surface area contributed by atoms with E-state index in [4.69, 9.17) is 4.74 Å². The monoisotopic (exact) mass is 236 g/mol. The van der Waals surface area contributed by atoms with E-state index < -0.39 is 0 Å². The summed E-state index contributed by atoms with van der Waals surface area (Å²) in [4.78, 5) is 23.1. The number of amides is 1. The quantitative estimate of drug-likeness (QED) is 0.721. The first kappa shape index (κ1) is 13.2. The zero-order chi connectivity index (χ0) is 12.7. The maximum atomic E-state index is 10.7. The van der Waals surface area contributed by atoms with Crippen LogP contribution < -0.4 is 10.2 Å². The highest BCUT2D eigenvalue weighted by Crippen LogP contribution is 2.25. The van der Waals surface area contributed by atoms with E-state index >= 15 is 0 Å². The number of nitrogens with one attached hydrogen (secondary N) is 1. The smallest absolute Gasteiger partial charge is 0.211 e. The van der Waals surface area contributed by atoms with Gasteiger partial charge in [0.2, 0.25) is 6.41 Å². The van der Waals surface area contributed by atoms with Crippen molar-refractivity contribution >= 4 is 24.1 Å². The molecule has 0 aliphatic rings. The van der Waals surface area contributed by atoms with Gasteiger partial charge in [-0.05, 0) is 18.2 Å². The van der Waals surface area contributed by atoms with E-state index in [2.05, 4.69) is 5.32 Å². The SMILES string of the molecule is COCCN(C)c1ccc(C=O)cc1NC=O. The van der Waals surface area contributed by atoms with Gasteiger partial charge in [-0.2, -0.15) is 0 Å². The molecule has 0 spiro atoms. The lowest BCUT2D eigenvalue weighted by atomic mass is 10.1. The van der Waals surface area contributed by atoms with E-state index in [0.29, 0.717) is 30.8 Å². The van der Waals surface area contributed by atoms with Gasteiger partial charge in [-0.25, -0.2) is 0 Å². The molecule has 0 bridgehead atoms. The molecule has 1 amide bonds. The normalized spacial score (nSPS) is 9.76. The lowest BCUT2D eigenvalue weighted by Gasteiger charge is -2.21. The highest BCUT2D eigenvalue weighted by Gasteiger charge is 2.07. The minimum absolute atomic E-state index is 0.526. The third-order valence-corrected chi connectivity index (χ3v) is 2.41. The van der Waals surface area contributed by atoms with Gasteiger partial charge in [-0.1, -0.05) is 0 Å². The van der Waals surface area contributed by atoms with Crippen LogP contribution in [-0.2, 0) is 9.53 Å². The molecule has 0 aliphatic heterocycles. The fraction of sp³-hybridized carbons (Fsp3) is 0.333. The molecule has 0 unspecified atom stereocenters. The molecule has 0 saturated carbocycles. The van der Waals surface area contributed by atoms with Crippen molar-refractivity contribution in [3.8, 4) is 0 Å². The Morgan fingerprint density at radius 3 is 2.76 bits per heavy atom. The summed E-state index contributed by atoms with van der Waals surface area (Å²) in [5.41, 5.74) is 1.99. The summed E-state index contributed by atoms with van der Waals surface area (Å²) < 4.78 is 4.99. The largest absolute Gasteiger partial charge is 0.383 e. The van der Waals surface area contributed by atoms with Crippen molar-refractivity contribution in [2.75, 3.05) is 37.5 Å². The van der Waals surface area contributed by atoms with E-state index in [9.17, 15) is 9.59 Å². The van der Waals surface area contributed by atoms with Crippen LogP contribution in [0, 0.1) is 0 Å². The van der Waals surface area contributed by atoms with Crippen LogP contribution in [-0.4, -0.2) is 40.0 Å². The number of carbonyl (C=O) groups excluding carboxylic acids is 2. The van der Waals surface area contributed by atoms with Crippen LogP contribution in [0.25, 0.3) is 0 Å². The number of methoxy groups -OCH3 is 1. The minimum atomic E-state index is 0.526. The van der Waals surface area contributed by atoms with Crippen LogP contribution in [0.2, 0.25) is 0 Å². The van der Waals surface area contributed by atoms with Crippen LogP contribution in [0.5, 0.6) is 0 Å². The first-order valence-electron chi connectivity index (χ1n) is 5.22. The molecule has 0 saturated heterocycles. The topological polar surface area (TPSA) is 58.6 Å². The molecule has 1 aromatic rings. The second-order valence-electron chi connectivity index (χ2n) is 3.57. The third-order valence-electron chi connectivity index (χ3n) is 2.41. The van der Waals surface area contributed by atoms with Gasteiger partial charge >= 0.3 is 0 Å². The maximum Gasteiger partial charge on any atom is 0.211 e. The predicted molar refractivity (Wildman–Crippen MR) is 66.7 cm³/mol. The molecule has 5 nitrogen and oxygen atoms in total. The van der Waals surface area contributed by atoms with Gasteiger partial charge in [0, 0.05) is 26.3 Å². The Kier molecular flexibility index (Phi) is 5.16. The fourth-order valence-corrected chi connectivity index (χ4v) is 1.49. The van der Waals surface area contributed by atoms with Crippen LogP contribution in [0.3, 0.4) is 0 Å². The van der Waals surface area contributed by atoms with Gasteiger partial charge in [-0.3, -0.25) is 9.59 Å². The molecule has 0 fully saturated rings. The summed E-state index contributed by atoms with van der Waals surface area (Å²) in [6, 6.07) is 5.15. The van der Waals surface area contributed by atoms with Crippen LogP contribution >= 0.6 is 0 Å². The molecule has 17 heavy (non-hydrogen) atoms. The molecule has 0 aromatic heterocycles. The Balaban J connectivity index is 2.95. The maximum absolute atomic E-state index is 10.7. The first-order chi connectivity index (χ1) is 8.22. The van der Waals surface area contributed by atoms with Crippen LogP contribution in [0.4, 0.5) is 11.4 Å². The molecular formula is C12H16N2O3. The van der Waals surface area contributed by atoms with Crippen LogP contribution in [0.1, 0.15) is 10.4 Å². The Bertz CT molecular complexity index is 393. The van der Waals surface area contributed by atoms with Crippen molar-refractivity contribution in [1.82, 2.24) is 0 Å². The highest BCUT2D eigenvalue weighted by molar-refractivity contribution is 5.86. The van der Waals surface area contributed by atoms with Gasteiger partial charge in [0.1, 0.15) is 6.29 Å². The van der Waals surface area contributed by atoms with Crippen molar-refractivity contribution < 1.29 is 14.3 Å². The first-order valence-corrected chi connectivity index (χ1v) is 5.22. The molecule has 0 radical (unpaired) electrons. The second kappa shape index (κ2) is 6.65. The Labute approximate surface area is 100 Å². The highest BCUT2D eigenvalue weighted by atomic mass is 16.5. The molecular weight excluding hydrogens is 220 g/mol. The molecule has 1 rings (SSSR count). The summed E-state index contributed by atoms with van der Waals surface area (Å²) in [6.07, 6.45) is 1.34. The summed E-state index contributed by atoms with van der Waals surface area (Å²) in [5.74, 6) is 0. The lowest BCUT2D eigenvalue weighted by molar-refractivity contribution is -0.105. The van der Waals surface area contributed by atoms with Crippen molar-refractivity contribution in [1.29, 1.82) is 0 Å². The van der Waals surface area contributed by atoms with Crippen molar-refractivity contribution in [2.45, 2.75) is 0 Å². The zero-order valence-corrected chi connectivity index (χ0v) is 9.97. The standard InChI is InChI=1S/C12H16N2O3/c1-14(5-6-17-2)12-4-3-10(8-15)7-11(12)13-9-16/h3-4,7-9H,5-6H2,1-2H3,(H,13,16). The average Bonchev–Trinajstić information content (AvgIpc) is 2.36. The number of benzene rings is 1. The molecule has 1 N–H and O–H groups in total. The van der Waals surface area contributed by atoms with Gasteiger partial charge in [-0.15, -0.1) is 0 Å². The molecule has 0 aliphatic carbocycles. The average molecular weight is 236 g/mol. The Morgan fingerprint density at radius 2 is 2.18 bits per heavy atom. The predicted octanol–water partition coefficient (Wildman–Crippen LogP) is 1.15. The number of carbonyl (C=O) groups is 2. The van der Waals surface area contributed by atoms with E-state index in [1.807, 2.05) is 11.9 Å². The molecule has 1 aromatic carbocycles. The summed E-state index contributed by atoms with van der Waals surface area (Å²) in [7, 11) is 3.53. The number of hydrogen-bond donors (Lipinski definition) is 1. The minimum Gasteiger partial charge on any atom is -0.383 e. The van der Waals surface area contributed by atoms with E-state index in [0.717, 1.165) is 12.0 Å². The summed E-state index contributed by atoms with van der Waals surface area (Å²) >= 11 is 0. The number of rotatable bonds is 7. The molecule has 0 heterocycles. The molecule has 0 atom stereocenters. The van der Waals surface area contributed by atoms with Gasteiger partial charge in [0.05, 0.1) is 18.0 Å². The summed E-state index contributed by atoms with van der Waals surface area (Å²) in [5, 5.41) is 2.59. The van der Waals surface area contributed by atoms with Crippen LogP contribution in [0.15, 0.2) is 18.2 Å². The van der Waals surface area contributed by atoms with Gasteiger partial charge < -0.3 is 15.0 Å². The number of ether oxygens (including phenoxy) is 1. The Morgan fingerprint density at radius 1 is 1.41 bits per heavy atom. The van der Waals surface area contributed by atoms with E-state index in [1.165, 1.54) is 0 Å². The van der Waals surface area contributed by atoms with Gasteiger partial charge in [0.15, 0.2) is 0 Å². The number of likely N-dealkylation sites (N-methyl/N-ethyl adjacent to an activating group) is 1. The molecule has 5 heteroatoms.